The summed E-state index contributed by atoms with van der Waals surface area (Å²) >= 11 is 7.85. The van der Waals surface area contributed by atoms with Gasteiger partial charge in [-0.25, -0.2) is 0 Å². The van der Waals surface area contributed by atoms with E-state index in [9.17, 15) is 4.79 Å². The van der Waals surface area contributed by atoms with Gasteiger partial charge in [-0.05, 0) is 12.1 Å². The molecule has 0 aliphatic carbocycles. The van der Waals surface area contributed by atoms with Crippen LogP contribution in [0.2, 0.25) is 5.02 Å². The number of carbonyl (C=O) groups excluding carboxylic acids is 1. The molecule has 0 N–H and O–H groups in total. The van der Waals surface area contributed by atoms with Crippen molar-refractivity contribution in [3.8, 4) is 6.07 Å². The first-order valence-corrected chi connectivity index (χ1v) is 7.30. The van der Waals surface area contributed by atoms with Crippen LogP contribution in [0.15, 0.2) is 30.3 Å². The quantitative estimate of drug-likeness (QED) is 0.803. The molecule has 0 radical (unpaired) electrons. The van der Waals surface area contributed by atoms with Crippen molar-refractivity contribution < 1.29 is 4.79 Å². The zero-order valence-electron chi connectivity index (χ0n) is 11.0. The zero-order chi connectivity index (χ0) is 14.5. The van der Waals surface area contributed by atoms with E-state index in [1.165, 1.54) is 11.0 Å². The molecule has 20 heavy (non-hydrogen) atoms. The van der Waals surface area contributed by atoms with Crippen LogP contribution in [-0.2, 0) is 4.79 Å². The van der Waals surface area contributed by atoms with Crippen LogP contribution in [0.4, 0.5) is 0 Å². The fourth-order valence-electron chi connectivity index (χ4n) is 1.74. The van der Waals surface area contributed by atoms with E-state index in [0.717, 1.165) is 15.0 Å². The Morgan fingerprint density at radius 2 is 2.25 bits per heavy atom. The lowest BCUT2D eigenvalue weighted by atomic mass is 10.2. The third-order valence-electron chi connectivity index (χ3n) is 2.87. The van der Waals surface area contributed by atoms with Crippen LogP contribution in [0.5, 0.6) is 0 Å². The molecule has 0 unspecified atom stereocenters. The van der Waals surface area contributed by atoms with Crippen LogP contribution in [0.25, 0.3) is 16.2 Å². The molecule has 2 aromatic rings. The summed E-state index contributed by atoms with van der Waals surface area (Å²) in [6.07, 6.45) is 3.56. The number of hydrogen-bond donors (Lipinski definition) is 0. The highest BCUT2D eigenvalue weighted by molar-refractivity contribution is 7.20. The second kappa shape index (κ2) is 6.56. The average molecular weight is 305 g/mol. The van der Waals surface area contributed by atoms with Gasteiger partial charge in [0.25, 0.3) is 0 Å². The van der Waals surface area contributed by atoms with Crippen LogP contribution in [-0.4, -0.2) is 24.4 Å². The Hall–Kier alpha value is -1.83. The Morgan fingerprint density at radius 3 is 2.95 bits per heavy atom. The van der Waals surface area contributed by atoms with E-state index in [2.05, 4.69) is 0 Å². The average Bonchev–Trinajstić information content (AvgIpc) is 2.79. The predicted molar refractivity (Wildman–Crippen MR) is 83.7 cm³/mol. The van der Waals surface area contributed by atoms with E-state index in [0.29, 0.717) is 18.0 Å². The molecular formula is C15H13ClN2OS. The summed E-state index contributed by atoms with van der Waals surface area (Å²) in [5.41, 5.74) is 0. The molecule has 0 saturated heterocycles. The molecule has 0 fully saturated rings. The van der Waals surface area contributed by atoms with Gasteiger partial charge in [-0.2, -0.15) is 5.26 Å². The molecule has 1 amide bonds. The van der Waals surface area contributed by atoms with E-state index in [4.69, 9.17) is 16.9 Å². The van der Waals surface area contributed by atoms with Crippen LogP contribution in [0, 0.1) is 11.3 Å². The van der Waals surface area contributed by atoms with Crippen molar-refractivity contribution in [3.05, 3.63) is 40.2 Å². The van der Waals surface area contributed by atoms with Crippen molar-refractivity contribution in [3.63, 3.8) is 0 Å². The topological polar surface area (TPSA) is 44.1 Å². The largest absolute Gasteiger partial charge is 0.341 e. The van der Waals surface area contributed by atoms with Gasteiger partial charge in [0.15, 0.2) is 0 Å². The number of rotatable bonds is 4. The van der Waals surface area contributed by atoms with Crippen LogP contribution < -0.4 is 0 Å². The number of halogens is 1. The third kappa shape index (κ3) is 3.19. The third-order valence-corrected chi connectivity index (χ3v) is 4.53. The number of nitrogens with zero attached hydrogens (tertiary/aromatic N) is 2. The van der Waals surface area contributed by atoms with E-state index < -0.39 is 0 Å². The Bertz CT molecular complexity index is 699. The molecule has 1 aromatic heterocycles. The summed E-state index contributed by atoms with van der Waals surface area (Å²) in [4.78, 5) is 14.2. The number of benzene rings is 1. The molecule has 102 valence electrons. The summed E-state index contributed by atoms with van der Waals surface area (Å²) in [6.45, 7) is 0.430. The molecule has 0 saturated carbocycles. The standard InChI is InChI=1S/C15H13ClN2OS/c1-18(10-4-9-17)14(19)8-7-13-15(16)11-5-2-3-6-12(11)20-13/h2-3,5-8H,4,10H2,1H3/b8-7+. The highest BCUT2D eigenvalue weighted by Crippen LogP contribution is 2.35. The van der Waals surface area contributed by atoms with E-state index in [1.807, 2.05) is 30.3 Å². The first-order valence-electron chi connectivity index (χ1n) is 6.10. The summed E-state index contributed by atoms with van der Waals surface area (Å²) in [5, 5.41) is 10.2. The van der Waals surface area contributed by atoms with Crippen LogP contribution >= 0.6 is 22.9 Å². The lowest BCUT2D eigenvalue weighted by Crippen LogP contribution is -2.25. The van der Waals surface area contributed by atoms with E-state index >= 15 is 0 Å². The molecule has 1 heterocycles. The molecule has 0 bridgehead atoms. The Labute approximate surface area is 126 Å². The van der Waals surface area contributed by atoms with E-state index in [1.54, 1.807) is 24.5 Å². The summed E-state index contributed by atoms with van der Waals surface area (Å²) < 4.78 is 1.10. The van der Waals surface area contributed by atoms with Gasteiger partial charge in [0.1, 0.15) is 0 Å². The second-order valence-corrected chi connectivity index (χ2v) is 5.74. The lowest BCUT2D eigenvalue weighted by Gasteiger charge is -2.11. The Morgan fingerprint density at radius 1 is 1.50 bits per heavy atom. The number of amides is 1. The molecule has 0 atom stereocenters. The van der Waals surface area contributed by atoms with Gasteiger partial charge in [0.2, 0.25) is 5.91 Å². The van der Waals surface area contributed by atoms with Crippen LogP contribution in [0.1, 0.15) is 11.3 Å². The van der Waals surface area contributed by atoms with Gasteiger partial charge in [-0.15, -0.1) is 11.3 Å². The first-order chi connectivity index (χ1) is 9.63. The molecule has 2 rings (SSSR count). The maximum Gasteiger partial charge on any atom is 0.246 e. The van der Waals surface area contributed by atoms with Gasteiger partial charge in [-0.3, -0.25) is 4.79 Å². The smallest absolute Gasteiger partial charge is 0.246 e. The van der Waals surface area contributed by atoms with Crippen molar-refractivity contribution in [1.82, 2.24) is 4.90 Å². The van der Waals surface area contributed by atoms with Crippen molar-refractivity contribution in [1.29, 1.82) is 5.26 Å². The fraction of sp³-hybridized carbons (Fsp3) is 0.200. The van der Waals surface area contributed by atoms with Gasteiger partial charge in [-0.1, -0.05) is 29.8 Å². The van der Waals surface area contributed by atoms with Crippen molar-refractivity contribution in [2.45, 2.75) is 6.42 Å². The maximum atomic E-state index is 11.8. The van der Waals surface area contributed by atoms with Gasteiger partial charge in [0.05, 0.1) is 17.5 Å². The van der Waals surface area contributed by atoms with Crippen LogP contribution in [0.3, 0.4) is 0 Å². The number of fused-ring (bicyclic) bond motifs is 1. The predicted octanol–water partition coefficient (Wildman–Crippen LogP) is 3.94. The molecule has 5 heteroatoms. The normalized spacial score (nSPS) is 10.8. The van der Waals surface area contributed by atoms with Crippen molar-refractivity contribution >= 4 is 45.0 Å². The molecule has 0 aliphatic rings. The highest BCUT2D eigenvalue weighted by Gasteiger charge is 2.08. The summed E-state index contributed by atoms with van der Waals surface area (Å²) in [7, 11) is 1.68. The summed E-state index contributed by atoms with van der Waals surface area (Å²) in [6, 6.07) is 9.89. The number of thiophene rings is 1. The fourth-order valence-corrected chi connectivity index (χ4v) is 3.14. The number of nitriles is 1. The summed E-state index contributed by atoms with van der Waals surface area (Å²) in [5.74, 6) is -0.131. The number of hydrogen-bond acceptors (Lipinski definition) is 3. The monoisotopic (exact) mass is 304 g/mol. The van der Waals surface area contributed by atoms with Crippen molar-refractivity contribution in [2.24, 2.45) is 0 Å². The molecular weight excluding hydrogens is 292 g/mol. The minimum atomic E-state index is -0.131. The van der Waals surface area contributed by atoms with Crippen molar-refractivity contribution in [2.75, 3.05) is 13.6 Å². The van der Waals surface area contributed by atoms with Gasteiger partial charge in [0, 0.05) is 34.6 Å². The SMILES string of the molecule is CN(CCC#N)C(=O)/C=C/c1sc2ccccc2c1Cl. The maximum absolute atomic E-state index is 11.8. The molecule has 3 nitrogen and oxygen atoms in total. The Balaban J connectivity index is 2.15. The molecule has 1 aromatic carbocycles. The van der Waals surface area contributed by atoms with E-state index in [-0.39, 0.29) is 5.91 Å². The first kappa shape index (κ1) is 14.6. The van der Waals surface area contributed by atoms with Gasteiger partial charge >= 0.3 is 0 Å². The highest BCUT2D eigenvalue weighted by atomic mass is 35.5. The Kier molecular flexibility index (Phi) is 4.78. The number of carbonyl (C=O) groups is 1. The minimum absolute atomic E-state index is 0.131. The molecule has 0 spiro atoms. The number of likely N-dealkylation sites (N-methyl/N-ethyl adjacent to an activating group) is 1. The lowest BCUT2D eigenvalue weighted by molar-refractivity contribution is -0.124. The second-order valence-electron chi connectivity index (χ2n) is 4.28. The zero-order valence-corrected chi connectivity index (χ0v) is 12.5. The minimum Gasteiger partial charge on any atom is -0.341 e. The molecule has 0 aliphatic heterocycles. The van der Waals surface area contributed by atoms with Gasteiger partial charge < -0.3 is 4.90 Å².